The van der Waals surface area contributed by atoms with Gasteiger partial charge >= 0.3 is 0 Å². The predicted molar refractivity (Wildman–Crippen MR) is 78.7 cm³/mol. The lowest BCUT2D eigenvalue weighted by atomic mass is 9.90. The lowest BCUT2D eigenvalue weighted by Gasteiger charge is -2.21. The minimum atomic E-state index is 0.679. The van der Waals surface area contributed by atoms with Crippen molar-refractivity contribution in [3.05, 3.63) is 18.2 Å². The Kier molecular flexibility index (Phi) is 5.37. The summed E-state index contributed by atoms with van der Waals surface area (Å²) in [6.45, 7) is 3.59. The molecule has 0 radical (unpaired) electrons. The van der Waals surface area contributed by atoms with Gasteiger partial charge in [-0.25, -0.2) is 0 Å². The van der Waals surface area contributed by atoms with E-state index in [0.29, 0.717) is 18.2 Å². The highest BCUT2D eigenvalue weighted by atomic mass is 16.5. The molecule has 1 aromatic carbocycles. The van der Waals surface area contributed by atoms with Gasteiger partial charge in [0.05, 0.1) is 18.9 Å². The molecule has 19 heavy (non-hydrogen) atoms. The minimum Gasteiger partial charge on any atom is -0.493 e. The fourth-order valence-electron chi connectivity index (χ4n) is 2.51. The van der Waals surface area contributed by atoms with Crippen LogP contribution in [0.15, 0.2) is 18.2 Å². The number of benzene rings is 1. The average Bonchev–Trinajstić information content (AvgIpc) is 2.46. The van der Waals surface area contributed by atoms with Gasteiger partial charge in [0.2, 0.25) is 0 Å². The van der Waals surface area contributed by atoms with Crippen molar-refractivity contribution in [1.29, 1.82) is 0 Å². The zero-order valence-corrected chi connectivity index (χ0v) is 11.9. The Bertz CT molecular complexity index is 386. The molecule has 3 nitrogen and oxygen atoms in total. The number of anilines is 1. The van der Waals surface area contributed by atoms with Crippen LogP contribution in [0, 0.1) is 5.92 Å². The third-order valence-electron chi connectivity index (χ3n) is 3.66. The highest BCUT2D eigenvalue weighted by Crippen LogP contribution is 2.29. The highest BCUT2D eigenvalue weighted by molar-refractivity contribution is 5.55. The van der Waals surface area contributed by atoms with E-state index in [2.05, 4.69) is 6.92 Å². The third kappa shape index (κ3) is 4.34. The Labute approximate surface area is 116 Å². The normalized spacial score (nSPS) is 16.3. The van der Waals surface area contributed by atoms with Crippen molar-refractivity contribution in [3.8, 4) is 11.5 Å². The van der Waals surface area contributed by atoms with Crippen LogP contribution in [0.2, 0.25) is 0 Å². The molecule has 2 rings (SSSR count). The Morgan fingerprint density at radius 1 is 1.16 bits per heavy atom. The van der Waals surface area contributed by atoms with Crippen molar-refractivity contribution in [2.45, 2.75) is 45.4 Å². The summed E-state index contributed by atoms with van der Waals surface area (Å²) < 4.78 is 11.5. The SMILES string of the molecule is CCCOc1cc(OCC2CCCCC2)ccc1N. The Morgan fingerprint density at radius 3 is 2.68 bits per heavy atom. The Morgan fingerprint density at radius 2 is 1.95 bits per heavy atom. The molecule has 0 unspecified atom stereocenters. The number of hydrogen-bond donors (Lipinski definition) is 1. The van der Waals surface area contributed by atoms with Gasteiger partial charge in [0.1, 0.15) is 11.5 Å². The summed E-state index contributed by atoms with van der Waals surface area (Å²) in [5.41, 5.74) is 6.57. The number of nitrogens with two attached hydrogens (primary N) is 1. The van der Waals surface area contributed by atoms with Gasteiger partial charge in [-0.1, -0.05) is 26.2 Å². The van der Waals surface area contributed by atoms with Gasteiger partial charge in [0.25, 0.3) is 0 Å². The molecule has 0 saturated heterocycles. The van der Waals surface area contributed by atoms with Crippen molar-refractivity contribution in [3.63, 3.8) is 0 Å². The van der Waals surface area contributed by atoms with Crippen LogP contribution >= 0.6 is 0 Å². The van der Waals surface area contributed by atoms with Crippen LogP contribution in [0.4, 0.5) is 5.69 Å². The molecule has 0 amide bonds. The van der Waals surface area contributed by atoms with E-state index in [-0.39, 0.29) is 0 Å². The van der Waals surface area contributed by atoms with Gasteiger partial charge in [-0.05, 0) is 37.3 Å². The smallest absolute Gasteiger partial charge is 0.145 e. The fraction of sp³-hybridized carbons (Fsp3) is 0.625. The molecule has 0 aliphatic heterocycles. The molecule has 1 aliphatic rings. The van der Waals surface area contributed by atoms with Crippen LogP contribution in [0.3, 0.4) is 0 Å². The molecular weight excluding hydrogens is 238 g/mol. The van der Waals surface area contributed by atoms with Crippen LogP contribution in [0.5, 0.6) is 11.5 Å². The Hall–Kier alpha value is -1.38. The van der Waals surface area contributed by atoms with Crippen molar-refractivity contribution >= 4 is 5.69 Å². The van der Waals surface area contributed by atoms with E-state index in [1.54, 1.807) is 0 Å². The van der Waals surface area contributed by atoms with Crippen LogP contribution in [-0.2, 0) is 0 Å². The molecule has 1 saturated carbocycles. The van der Waals surface area contributed by atoms with Crippen molar-refractivity contribution in [2.24, 2.45) is 5.92 Å². The summed E-state index contributed by atoms with van der Waals surface area (Å²) in [6.07, 6.45) is 7.66. The van der Waals surface area contributed by atoms with Gasteiger partial charge in [0.15, 0.2) is 0 Å². The minimum absolute atomic E-state index is 0.679. The summed E-state index contributed by atoms with van der Waals surface area (Å²) in [4.78, 5) is 0. The maximum absolute atomic E-state index is 5.89. The number of hydrogen-bond acceptors (Lipinski definition) is 3. The monoisotopic (exact) mass is 263 g/mol. The molecule has 106 valence electrons. The standard InChI is InChI=1S/C16H25NO2/c1-2-10-18-16-11-14(8-9-15(16)17)19-12-13-6-4-3-5-7-13/h8-9,11,13H,2-7,10,12,17H2,1H3. The second kappa shape index (κ2) is 7.27. The highest BCUT2D eigenvalue weighted by Gasteiger charge is 2.14. The van der Waals surface area contributed by atoms with E-state index in [0.717, 1.165) is 24.5 Å². The lowest BCUT2D eigenvalue weighted by Crippen LogP contribution is -2.15. The maximum Gasteiger partial charge on any atom is 0.145 e. The third-order valence-corrected chi connectivity index (χ3v) is 3.66. The van der Waals surface area contributed by atoms with Crippen LogP contribution < -0.4 is 15.2 Å². The number of nitrogen functional groups attached to an aromatic ring is 1. The topological polar surface area (TPSA) is 44.5 Å². The van der Waals surface area contributed by atoms with Gasteiger partial charge in [0, 0.05) is 6.07 Å². The molecule has 0 bridgehead atoms. The second-order valence-corrected chi connectivity index (χ2v) is 5.36. The average molecular weight is 263 g/mol. The van der Waals surface area contributed by atoms with E-state index < -0.39 is 0 Å². The molecule has 1 fully saturated rings. The first kappa shape index (κ1) is 14.0. The lowest BCUT2D eigenvalue weighted by molar-refractivity contribution is 0.208. The molecule has 1 aromatic rings. The van der Waals surface area contributed by atoms with Crippen LogP contribution in [0.1, 0.15) is 45.4 Å². The predicted octanol–water partition coefficient (Wildman–Crippen LogP) is 4.02. The first-order valence-electron chi connectivity index (χ1n) is 7.44. The van der Waals surface area contributed by atoms with Crippen LogP contribution in [0.25, 0.3) is 0 Å². The number of rotatable bonds is 6. The van der Waals surface area contributed by atoms with Crippen molar-refractivity contribution < 1.29 is 9.47 Å². The maximum atomic E-state index is 5.89. The van der Waals surface area contributed by atoms with E-state index >= 15 is 0 Å². The van der Waals surface area contributed by atoms with Crippen molar-refractivity contribution in [1.82, 2.24) is 0 Å². The zero-order valence-electron chi connectivity index (χ0n) is 11.9. The molecule has 0 spiro atoms. The quantitative estimate of drug-likeness (QED) is 0.788. The first-order valence-corrected chi connectivity index (χ1v) is 7.44. The van der Waals surface area contributed by atoms with E-state index in [1.165, 1.54) is 32.1 Å². The van der Waals surface area contributed by atoms with Gasteiger partial charge in [-0.3, -0.25) is 0 Å². The van der Waals surface area contributed by atoms with E-state index in [4.69, 9.17) is 15.2 Å². The van der Waals surface area contributed by atoms with Gasteiger partial charge < -0.3 is 15.2 Å². The molecule has 1 aliphatic carbocycles. The molecule has 2 N–H and O–H groups in total. The fourth-order valence-corrected chi connectivity index (χ4v) is 2.51. The molecule has 0 atom stereocenters. The Balaban J connectivity index is 1.88. The molecule has 0 aromatic heterocycles. The van der Waals surface area contributed by atoms with Gasteiger partial charge in [-0.15, -0.1) is 0 Å². The summed E-state index contributed by atoms with van der Waals surface area (Å²) >= 11 is 0. The van der Waals surface area contributed by atoms with E-state index in [1.807, 2.05) is 18.2 Å². The summed E-state index contributed by atoms with van der Waals surface area (Å²) in [5.74, 6) is 2.32. The summed E-state index contributed by atoms with van der Waals surface area (Å²) in [6, 6.07) is 5.70. The summed E-state index contributed by atoms with van der Waals surface area (Å²) in [7, 11) is 0. The van der Waals surface area contributed by atoms with Crippen molar-refractivity contribution in [2.75, 3.05) is 18.9 Å². The first-order chi connectivity index (χ1) is 9.29. The second-order valence-electron chi connectivity index (χ2n) is 5.36. The van der Waals surface area contributed by atoms with Crippen LogP contribution in [-0.4, -0.2) is 13.2 Å². The number of ether oxygens (including phenoxy) is 2. The largest absolute Gasteiger partial charge is 0.493 e. The van der Waals surface area contributed by atoms with Gasteiger partial charge in [-0.2, -0.15) is 0 Å². The molecule has 3 heteroatoms. The molecular formula is C16H25NO2. The van der Waals surface area contributed by atoms with E-state index in [9.17, 15) is 0 Å². The zero-order chi connectivity index (χ0) is 13.5. The summed E-state index contributed by atoms with van der Waals surface area (Å²) in [5, 5.41) is 0. The molecule has 0 heterocycles.